The summed E-state index contributed by atoms with van der Waals surface area (Å²) in [5.41, 5.74) is 0.608. The van der Waals surface area contributed by atoms with Crippen LogP contribution in [0.5, 0.6) is 0 Å². The molecule has 3 nitrogen and oxygen atoms in total. The first kappa shape index (κ1) is 16.2. The predicted molar refractivity (Wildman–Crippen MR) is 78.3 cm³/mol. The SMILES string of the molecule is CC(C)C(c1ccccc1)S(=O)(=O)OCC(C)(C)C. The van der Waals surface area contributed by atoms with Crippen molar-refractivity contribution < 1.29 is 12.6 Å². The van der Waals surface area contributed by atoms with Gasteiger partial charge >= 0.3 is 0 Å². The van der Waals surface area contributed by atoms with E-state index in [-0.39, 0.29) is 17.9 Å². The van der Waals surface area contributed by atoms with E-state index in [0.29, 0.717) is 0 Å². The Balaban J connectivity index is 3.00. The zero-order valence-corrected chi connectivity index (χ0v) is 13.2. The Kier molecular flexibility index (Phi) is 5.16. The molecule has 1 unspecified atom stereocenters. The maximum atomic E-state index is 12.4. The lowest BCUT2D eigenvalue weighted by atomic mass is 9.99. The van der Waals surface area contributed by atoms with Gasteiger partial charge in [0.2, 0.25) is 0 Å². The summed E-state index contributed by atoms with van der Waals surface area (Å²) in [6.45, 7) is 9.86. The Bertz CT molecular complexity index is 484. The number of benzene rings is 1. The van der Waals surface area contributed by atoms with Crippen LogP contribution in [-0.4, -0.2) is 15.0 Å². The molecule has 0 spiro atoms. The van der Waals surface area contributed by atoms with Gasteiger partial charge in [0.05, 0.1) is 6.61 Å². The first-order valence-electron chi connectivity index (χ1n) is 6.57. The maximum absolute atomic E-state index is 12.4. The lowest BCUT2D eigenvalue weighted by molar-refractivity contribution is 0.199. The third-order valence-corrected chi connectivity index (χ3v) is 4.59. The van der Waals surface area contributed by atoms with Gasteiger partial charge < -0.3 is 0 Å². The molecule has 0 radical (unpaired) electrons. The Morgan fingerprint density at radius 2 is 1.63 bits per heavy atom. The molecule has 1 aromatic rings. The van der Waals surface area contributed by atoms with Crippen molar-refractivity contribution in [3.05, 3.63) is 35.9 Å². The van der Waals surface area contributed by atoms with Gasteiger partial charge in [-0.3, -0.25) is 4.18 Å². The van der Waals surface area contributed by atoms with Crippen LogP contribution in [-0.2, 0) is 14.3 Å². The van der Waals surface area contributed by atoms with E-state index in [2.05, 4.69) is 0 Å². The van der Waals surface area contributed by atoms with Gasteiger partial charge in [0.25, 0.3) is 10.1 Å². The average molecular weight is 284 g/mol. The van der Waals surface area contributed by atoms with E-state index in [1.807, 2.05) is 65.0 Å². The third-order valence-electron chi connectivity index (χ3n) is 2.70. The molecule has 0 heterocycles. The Hall–Kier alpha value is -0.870. The molecule has 0 fully saturated rings. The highest BCUT2D eigenvalue weighted by molar-refractivity contribution is 7.87. The standard InChI is InChI=1S/C15H24O3S/c1-12(2)14(13-9-7-6-8-10-13)19(16,17)18-11-15(3,4)5/h6-10,12,14H,11H2,1-5H3. The fourth-order valence-electron chi connectivity index (χ4n) is 1.86. The predicted octanol–water partition coefficient (Wildman–Crippen LogP) is 3.78. The Labute approximate surface area is 117 Å². The molecule has 0 aliphatic carbocycles. The van der Waals surface area contributed by atoms with Crippen molar-refractivity contribution >= 4 is 10.1 Å². The van der Waals surface area contributed by atoms with Crippen LogP contribution >= 0.6 is 0 Å². The van der Waals surface area contributed by atoms with Crippen LogP contribution in [0.1, 0.15) is 45.4 Å². The topological polar surface area (TPSA) is 43.4 Å². The Morgan fingerprint density at radius 3 is 2.05 bits per heavy atom. The van der Waals surface area contributed by atoms with Gasteiger partial charge in [0.15, 0.2) is 0 Å². The lowest BCUT2D eigenvalue weighted by Gasteiger charge is -2.24. The number of hydrogen-bond donors (Lipinski definition) is 0. The number of rotatable bonds is 5. The highest BCUT2D eigenvalue weighted by Gasteiger charge is 2.32. The van der Waals surface area contributed by atoms with E-state index in [4.69, 9.17) is 4.18 Å². The summed E-state index contributed by atoms with van der Waals surface area (Å²) >= 11 is 0. The summed E-state index contributed by atoms with van der Waals surface area (Å²) in [4.78, 5) is 0. The summed E-state index contributed by atoms with van der Waals surface area (Å²) in [5, 5.41) is -0.615. The molecule has 0 aliphatic rings. The number of hydrogen-bond acceptors (Lipinski definition) is 3. The van der Waals surface area contributed by atoms with Gasteiger partial charge in [-0.15, -0.1) is 0 Å². The highest BCUT2D eigenvalue weighted by Crippen LogP contribution is 2.32. The van der Waals surface area contributed by atoms with E-state index < -0.39 is 15.4 Å². The molecule has 1 rings (SSSR count). The van der Waals surface area contributed by atoms with Crippen LogP contribution in [0.2, 0.25) is 0 Å². The largest absolute Gasteiger partial charge is 0.274 e. The summed E-state index contributed by atoms with van der Waals surface area (Å²) < 4.78 is 30.0. The summed E-state index contributed by atoms with van der Waals surface area (Å²) in [7, 11) is -3.61. The first-order chi connectivity index (χ1) is 8.63. The smallest absolute Gasteiger partial charge is 0.269 e. The van der Waals surface area contributed by atoms with E-state index in [9.17, 15) is 8.42 Å². The van der Waals surface area contributed by atoms with Gasteiger partial charge in [0.1, 0.15) is 5.25 Å². The minimum Gasteiger partial charge on any atom is -0.269 e. The third kappa shape index (κ3) is 4.96. The van der Waals surface area contributed by atoms with Crippen molar-refractivity contribution in [2.24, 2.45) is 11.3 Å². The summed E-state index contributed by atoms with van der Waals surface area (Å²) in [5.74, 6) is -0.0348. The van der Waals surface area contributed by atoms with Crippen molar-refractivity contribution in [2.45, 2.75) is 39.9 Å². The zero-order chi connectivity index (χ0) is 14.7. The minimum atomic E-state index is -3.61. The van der Waals surface area contributed by atoms with Crippen LogP contribution in [0.4, 0.5) is 0 Å². The van der Waals surface area contributed by atoms with Crippen LogP contribution in [0.3, 0.4) is 0 Å². The van der Waals surface area contributed by atoms with Crippen LogP contribution in [0, 0.1) is 11.3 Å². The second kappa shape index (κ2) is 6.06. The van der Waals surface area contributed by atoms with E-state index >= 15 is 0 Å². The molecule has 19 heavy (non-hydrogen) atoms. The second-order valence-corrected chi connectivity index (χ2v) is 8.12. The quantitative estimate of drug-likeness (QED) is 0.773. The zero-order valence-electron chi connectivity index (χ0n) is 12.4. The molecule has 4 heteroatoms. The molecule has 0 saturated carbocycles. The summed E-state index contributed by atoms with van der Waals surface area (Å²) in [6, 6.07) is 9.25. The van der Waals surface area contributed by atoms with Crippen LogP contribution in [0.25, 0.3) is 0 Å². The van der Waals surface area contributed by atoms with E-state index in [1.54, 1.807) is 0 Å². The molecule has 1 aromatic carbocycles. The van der Waals surface area contributed by atoms with Gasteiger partial charge in [0, 0.05) is 0 Å². The van der Waals surface area contributed by atoms with Crippen molar-refractivity contribution in [1.29, 1.82) is 0 Å². The van der Waals surface area contributed by atoms with Crippen molar-refractivity contribution in [3.8, 4) is 0 Å². The fraction of sp³-hybridized carbons (Fsp3) is 0.600. The lowest BCUT2D eigenvalue weighted by Crippen LogP contribution is -2.25. The van der Waals surface area contributed by atoms with E-state index in [1.165, 1.54) is 0 Å². The maximum Gasteiger partial charge on any atom is 0.274 e. The van der Waals surface area contributed by atoms with Gasteiger partial charge in [-0.05, 0) is 16.9 Å². The van der Waals surface area contributed by atoms with Crippen molar-refractivity contribution in [1.82, 2.24) is 0 Å². The average Bonchev–Trinajstić information content (AvgIpc) is 2.26. The molecule has 0 N–H and O–H groups in total. The highest BCUT2D eigenvalue weighted by atomic mass is 32.2. The second-order valence-electron chi connectivity index (χ2n) is 6.39. The van der Waals surface area contributed by atoms with Gasteiger partial charge in [-0.25, -0.2) is 0 Å². The van der Waals surface area contributed by atoms with Gasteiger partial charge in [-0.1, -0.05) is 65.0 Å². The monoisotopic (exact) mass is 284 g/mol. The van der Waals surface area contributed by atoms with Crippen molar-refractivity contribution in [3.63, 3.8) is 0 Å². The van der Waals surface area contributed by atoms with Crippen molar-refractivity contribution in [2.75, 3.05) is 6.61 Å². The minimum absolute atomic E-state index is 0.0348. The molecule has 1 atom stereocenters. The van der Waals surface area contributed by atoms with Gasteiger partial charge in [-0.2, -0.15) is 8.42 Å². The molecule has 0 aromatic heterocycles. The normalized spacial score (nSPS) is 14.6. The molecule has 108 valence electrons. The molecule has 0 amide bonds. The van der Waals surface area contributed by atoms with Crippen LogP contribution < -0.4 is 0 Å². The fourth-order valence-corrected chi connectivity index (χ4v) is 3.68. The molecule has 0 bridgehead atoms. The summed E-state index contributed by atoms with van der Waals surface area (Å²) in [6.07, 6.45) is 0. The molecule has 0 aliphatic heterocycles. The first-order valence-corrected chi connectivity index (χ1v) is 8.04. The van der Waals surface area contributed by atoms with Crippen LogP contribution in [0.15, 0.2) is 30.3 Å². The molecule has 0 saturated heterocycles. The molecular formula is C15H24O3S. The molecular weight excluding hydrogens is 260 g/mol. The Morgan fingerprint density at radius 1 is 1.11 bits per heavy atom. The van der Waals surface area contributed by atoms with E-state index in [0.717, 1.165) is 5.56 Å².